The highest BCUT2D eigenvalue weighted by atomic mass is 19.4. The molecule has 8 heteroatoms. The number of rotatable bonds is 3. The number of carbonyl (C=O) groups is 1. The Balaban J connectivity index is 1.14. The van der Waals surface area contributed by atoms with Gasteiger partial charge in [-0.3, -0.25) is 4.79 Å². The Morgan fingerprint density at radius 2 is 1.92 bits per heavy atom. The molecule has 1 amide bonds. The molecule has 6 rings (SSSR count). The van der Waals surface area contributed by atoms with Crippen molar-refractivity contribution in [3.63, 3.8) is 0 Å². The maximum absolute atomic E-state index is 13.9. The second-order valence-corrected chi connectivity index (χ2v) is 11.2. The van der Waals surface area contributed by atoms with E-state index in [1.165, 1.54) is 17.2 Å². The minimum absolute atomic E-state index is 0.0461. The molecule has 5 nitrogen and oxygen atoms in total. The van der Waals surface area contributed by atoms with Crippen LogP contribution in [0.1, 0.15) is 60.3 Å². The summed E-state index contributed by atoms with van der Waals surface area (Å²) in [6.07, 6.45) is -0.172. The summed E-state index contributed by atoms with van der Waals surface area (Å²) in [4.78, 5) is 18.0. The second kappa shape index (κ2) is 9.31. The van der Waals surface area contributed by atoms with Gasteiger partial charge < -0.3 is 19.3 Å². The predicted molar refractivity (Wildman–Crippen MR) is 132 cm³/mol. The lowest BCUT2D eigenvalue weighted by atomic mass is 9.80. The van der Waals surface area contributed by atoms with Crippen molar-refractivity contribution in [3.8, 4) is 5.75 Å². The lowest BCUT2D eigenvalue weighted by molar-refractivity contribution is -0.149. The number of benzene rings is 2. The van der Waals surface area contributed by atoms with Crippen molar-refractivity contribution in [2.75, 3.05) is 26.4 Å². The fraction of sp³-hybridized carbons (Fsp3) is 0.552. The molecule has 1 saturated carbocycles. The van der Waals surface area contributed by atoms with Gasteiger partial charge in [-0.15, -0.1) is 0 Å². The summed E-state index contributed by atoms with van der Waals surface area (Å²) in [6, 6.07) is 12.5. The molecular weight excluding hydrogens is 481 g/mol. The third kappa shape index (κ3) is 4.52. The number of likely N-dealkylation sites (tertiary alicyclic amines) is 1. The maximum Gasteiger partial charge on any atom is 0.416 e. The van der Waals surface area contributed by atoms with Gasteiger partial charge in [0.2, 0.25) is 5.91 Å². The van der Waals surface area contributed by atoms with Crippen molar-refractivity contribution in [2.45, 2.75) is 69.8 Å². The van der Waals surface area contributed by atoms with Gasteiger partial charge in [0.1, 0.15) is 5.75 Å². The summed E-state index contributed by atoms with van der Waals surface area (Å²) in [6.45, 7) is 4.86. The number of fused-ring (bicyclic) bond motifs is 2. The molecular formula is C29H33F3N2O3. The SMILES string of the molecule is Cc1cccc(C2CCN([C@@H]3C[C@H]4OCC[C@@]4(C(=O)N4COc5ccc(C(F)(F)F)cc5C4)C3)CC2)c1. The van der Waals surface area contributed by atoms with E-state index in [1.807, 2.05) is 0 Å². The Bertz CT molecular complexity index is 1180. The third-order valence-electron chi connectivity index (χ3n) is 8.97. The van der Waals surface area contributed by atoms with E-state index in [1.54, 1.807) is 4.90 Å². The standard InChI is InChI=1S/C29H33F3N2O3/c1-19-3-2-4-21(13-19)20-7-10-33(11-8-20)24-15-26-28(16-24,9-12-36-26)27(35)34-17-22-14-23(29(30,31)32)5-6-25(22)37-18-34/h2-6,13-14,20,24,26H,7-12,15-18H2,1H3/t24-,26-,28-/m1/s1. The summed E-state index contributed by atoms with van der Waals surface area (Å²) < 4.78 is 51.6. The molecule has 2 saturated heterocycles. The van der Waals surface area contributed by atoms with E-state index in [0.29, 0.717) is 30.3 Å². The third-order valence-corrected chi connectivity index (χ3v) is 8.97. The molecule has 0 unspecified atom stereocenters. The molecule has 37 heavy (non-hydrogen) atoms. The average molecular weight is 515 g/mol. The minimum atomic E-state index is -4.43. The monoisotopic (exact) mass is 514 g/mol. The number of alkyl halides is 3. The van der Waals surface area contributed by atoms with E-state index in [2.05, 4.69) is 36.1 Å². The first kappa shape index (κ1) is 24.7. The largest absolute Gasteiger partial charge is 0.473 e. The molecule has 198 valence electrons. The van der Waals surface area contributed by atoms with Crippen LogP contribution in [-0.4, -0.2) is 54.3 Å². The Labute approximate surface area is 215 Å². The zero-order chi connectivity index (χ0) is 25.8. The van der Waals surface area contributed by atoms with Crippen LogP contribution in [0.25, 0.3) is 0 Å². The Kier molecular flexibility index (Phi) is 6.23. The van der Waals surface area contributed by atoms with Gasteiger partial charge in [-0.2, -0.15) is 13.2 Å². The van der Waals surface area contributed by atoms with E-state index in [0.717, 1.165) is 50.9 Å². The van der Waals surface area contributed by atoms with Gasteiger partial charge in [0.15, 0.2) is 6.73 Å². The van der Waals surface area contributed by atoms with Crippen molar-refractivity contribution in [1.29, 1.82) is 0 Å². The molecule has 4 aliphatic rings. The molecule has 2 aromatic carbocycles. The van der Waals surface area contributed by atoms with Crippen LogP contribution in [0.2, 0.25) is 0 Å². The molecule has 3 fully saturated rings. The van der Waals surface area contributed by atoms with Gasteiger partial charge in [0, 0.05) is 18.2 Å². The van der Waals surface area contributed by atoms with Crippen LogP contribution in [0.15, 0.2) is 42.5 Å². The second-order valence-electron chi connectivity index (χ2n) is 11.2. The number of aryl methyl sites for hydroxylation is 1. The molecule has 0 radical (unpaired) electrons. The number of hydrogen-bond acceptors (Lipinski definition) is 4. The number of ether oxygens (including phenoxy) is 2. The van der Waals surface area contributed by atoms with Crippen molar-refractivity contribution < 1.29 is 27.4 Å². The summed E-state index contributed by atoms with van der Waals surface area (Å²) in [5.41, 5.74) is 1.76. The number of carbonyl (C=O) groups excluding carboxylic acids is 1. The highest BCUT2D eigenvalue weighted by Crippen LogP contribution is 2.51. The fourth-order valence-electron chi connectivity index (χ4n) is 6.98. The quantitative estimate of drug-likeness (QED) is 0.542. The first-order chi connectivity index (χ1) is 17.7. The van der Waals surface area contributed by atoms with Crippen molar-refractivity contribution in [2.24, 2.45) is 5.41 Å². The van der Waals surface area contributed by atoms with Crippen LogP contribution in [0.3, 0.4) is 0 Å². The van der Waals surface area contributed by atoms with Crippen LogP contribution >= 0.6 is 0 Å². The van der Waals surface area contributed by atoms with E-state index < -0.39 is 17.2 Å². The highest BCUT2D eigenvalue weighted by molar-refractivity contribution is 5.84. The van der Waals surface area contributed by atoms with E-state index in [4.69, 9.17) is 9.47 Å². The first-order valence-corrected chi connectivity index (χ1v) is 13.3. The number of amides is 1. The van der Waals surface area contributed by atoms with Gasteiger partial charge in [-0.25, -0.2) is 0 Å². The molecule has 2 aromatic rings. The lowest BCUT2D eigenvalue weighted by Crippen LogP contribution is -2.49. The first-order valence-electron chi connectivity index (χ1n) is 13.3. The Morgan fingerprint density at radius 1 is 1.11 bits per heavy atom. The Morgan fingerprint density at radius 3 is 2.68 bits per heavy atom. The van der Waals surface area contributed by atoms with Gasteiger partial charge >= 0.3 is 6.18 Å². The van der Waals surface area contributed by atoms with Crippen LogP contribution in [0.5, 0.6) is 5.75 Å². The summed E-state index contributed by atoms with van der Waals surface area (Å²) in [5, 5.41) is 0. The lowest BCUT2D eigenvalue weighted by Gasteiger charge is -2.38. The number of halogens is 3. The van der Waals surface area contributed by atoms with Crippen LogP contribution < -0.4 is 4.74 Å². The van der Waals surface area contributed by atoms with E-state index >= 15 is 0 Å². The number of piperidine rings is 1. The van der Waals surface area contributed by atoms with Gasteiger partial charge in [0.05, 0.1) is 23.6 Å². The average Bonchev–Trinajstić information content (AvgIpc) is 3.46. The van der Waals surface area contributed by atoms with E-state index in [9.17, 15) is 18.0 Å². The van der Waals surface area contributed by atoms with Crippen LogP contribution in [-0.2, 0) is 22.3 Å². The van der Waals surface area contributed by atoms with Gasteiger partial charge in [0.25, 0.3) is 0 Å². The summed E-state index contributed by atoms with van der Waals surface area (Å²) in [7, 11) is 0. The minimum Gasteiger partial charge on any atom is -0.473 e. The van der Waals surface area contributed by atoms with Crippen molar-refractivity contribution in [3.05, 3.63) is 64.7 Å². The van der Waals surface area contributed by atoms with Crippen LogP contribution in [0.4, 0.5) is 13.2 Å². The van der Waals surface area contributed by atoms with Crippen molar-refractivity contribution >= 4 is 5.91 Å². The molecule has 3 aliphatic heterocycles. The zero-order valence-corrected chi connectivity index (χ0v) is 21.1. The molecule has 1 aliphatic carbocycles. The smallest absolute Gasteiger partial charge is 0.416 e. The topological polar surface area (TPSA) is 42.0 Å². The molecule has 3 heterocycles. The number of hydrogen-bond donors (Lipinski definition) is 0. The van der Waals surface area contributed by atoms with Gasteiger partial charge in [-0.1, -0.05) is 29.8 Å². The molecule has 0 bridgehead atoms. The number of nitrogens with zero attached hydrogens (tertiary/aromatic N) is 2. The fourth-order valence-corrected chi connectivity index (χ4v) is 6.98. The highest BCUT2D eigenvalue weighted by Gasteiger charge is 2.58. The molecule has 0 N–H and O–H groups in total. The van der Waals surface area contributed by atoms with E-state index in [-0.39, 0.29) is 31.3 Å². The molecule has 0 aromatic heterocycles. The zero-order valence-electron chi connectivity index (χ0n) is 21.1. The van der Waals surface area contributed by atoms with Crippen molar-refractivity contribution in [1.82, 2.24) is 9.80 Å². The summed E-state index contributed by atoms with van der Waals surface area (Å²) >= 11 is 0. The van der Waals surface area contributed by atoms with Crippen LogP contribution in [0, 0.1) is 12.3 Å². The summed E-state index contributed by atoms with van der Waals surface area (Å²) in [5.74, 6) is 0.931. The van der Waals surface area contributed by atoms with Gasteiger partial charge in [-0.05, 0) is 81.8 Å². The maximum atomic E-state index is 13.9. The molecule has 0 spiro atoms. The Hall–Kier alpha value is -2.58. The molecule has 3 atom stereocenters. The normalized spacial score (nSPS) is 28.6. The predicted octanol–water partition coefficient (Wildman–Crippen LogP) is 5.51.